The molecule has 0 amide bonds. The van der Waals surface area contributed by atoms with Crippen LogP contribution in [0, 0.1) is 0 Å². The summed E-state index contributed by atoms with van der Waals surface area (Å²) in [5.41, 5.74) is 8.79. The third-order valence-electron chi connectivity index (χ3n) is 5.11. The van der Waals surface area contributed by atoms with Gasteiger partial charge in [0.05, 0.1) is 22.9 Å². The van der Waals surface area contributed by atoms with Gasteiger partial charge in [0.1, 0.15) is 5.58 Å². The lowest BCUT2D eigenvalue weighted by Crippen LogP contribution is -2.33. The molecular weight excluding hydrogens is 392 g/mol. The van der Waals surface area contributed by atoms with Crippen molar-refractivity contribution in [3.8, 4) is 11.6 Å². The van der Waals surface area contributed by atoms with Gasteiger partial charge in [-0.1, -0.05) is 11.6 Å². The maximum absolute atomic E-state index is 12.9. The molecule has 1 aromatic carbocycles. The second-order valence-electron chi connectivity index (χ2n) is 7.02. The van der Waals surface area contributed by atoms with Crippen molar-refractivity contribution in [1.82, 2.24) is 14.9 Å². The number of anilines is 1. The summed E-state index contributed by atoms with van der Waals surface area (Å²) in [6, 6.07) is 8.59. The first-order chi connectivity index (χ1) is 14.1. The van der Waals surface area contributed by atoms with E-state index >= 15 is 0 Å². The van der Waals surface area contributed by atoms with Crippen LogP contribution in [0.1, 0.15) is 16.8 Å². The van der Waals surface area contributed by atoms with Gasteiger partial charge in [-0.15, -0.1) is 0 Å². The van der Waals surface area contributed by atoms with Gasteiger partial charge in [-0.2, -0.15) is 0 Å². The highest BCUT2D eigenvalue weighted by Gasteiger charge is 2.22. The predicted molar refractivity (Wildman–Crippen MR) is 109 cm³/mol. The molecule has 1 aliphatic heterocycles. The smallest absolute Gasteiger partial charge is 0.199 e. The van der Waals surface area contributed by atoms with Crippen molar-refractivity contribution in [2.24, 2.45) is 0 Å². The minimum absolute atomic E-state index is 0.139. The van der Waals surface area contributed by atoms with E-state index in [-0.39, 0.29) is 11.3 Å². The summed E-state index contributed by atoms with van der Waals surface area (Å²) in [6.45, 7) is 1.75. The molecule has 0 saturated heterocycles. The molecule has 0 spiro atoms. The van der Waals surface area contributed by atoms with Crippen molar-refractivity contribution in [2.75, 3.05) is 12.3 Å². The van der Waals surface area contributed by atoms with E-state index in [1.807, 2.05) is 18.3 Å². The van der Waals surface area contributed by atoms with Gasteiger partial charge in [-0.25, -0.2) is 9.97 Å². The molecule has 0 fully saturated rings. The Bertz CT molecular complexity index is 1270. The zero-order chi connectivity index (χ0) is 20.0. The fraction of sp³-hybridized carbons (Fsp3) is 0.190. The normalized spacial score (nSPS) is 14.2. The molecular formula is C21H17ClN4O3. The third kappa shape index (κ3) is 3.28. The molecule has 0 atom stereocenters. The van der Waals surface area contributed by atoms with Gasteiger partial charge in [0.2, 0.25) is 0 Å². The molecule has 1 aliphatic rings. The highest BCUT2D eigenvalue weighted by molar-refractivity contribution is 6.31. The zero-order valence-corrected chi connectivity index (χ0v) is 16.1. The van der Waals surface area contributed by atoms with Crippen molar-refractivity contribution >= 4 is 28.5 Å². The van der Waals surface area contributed by atoms with Gasteiger partial charge in [-0.3, -0.25) is 9.69 Å². The molecule has 5 rings (SSSR count). The summed E-state index contributed by atoms with van der Waals surface area (Å²) >= 11 is 6.04. The maximum atomic E-state index is 12.9. The van der Waals surface area contributed by atoms with Crippen LogP contribution < -0.4 is 11.2 Å². The fourth-order valence-corrected chi connectivity index (χ4v) is 3.80. The van der Waals surface area contributed by atoms with E-state index in [9.17, 15) is 4.79 Å². The van der Waals surface area contributed by atoms with Gasteiger partial charge in [0.15, 0.2) is 22.9 Å². The number of nitrogens with two attached hydrogens (primary N) is 1. The molecule has 29 heavy (non-hydrogen) atoms. The minimum Gasteiger partial charge on any atom is -0.461 e. The van der Waals surface area contributed by atoms with E-state index in [1.165, 1.54) is 0 Å². The van der Waals surface area contributed by atoms with Gasteiger partial charge in [-0.05, 0) is 30.3 Å². The van der Waals surface area contributed by atoms with Crippen LogP contribution in [0.3, 0.4) is 0 Å². The molecule has 0 radical (unpaired) electrons. The first-order valence-corrected chi connectivity index (χ1v) is 9.58. The highest BCUT2D eigenvalue weighted by Crippen LogP contribution is 2.25. The SMILES string of the molecule is Nc1oc2ccc(Cl)cc2c(=O)c1CN1CCc2nc(-c3ccco3)ncc2C1. The third-order valence-corrected chi connectivity index (χ3v) is 5.35. The number of hydrogen-bond donors (Lipinski definition) is 1. The number of hydrogen-bond acceptors (Lipinski definition) is 7. The van der Waals surface area contributed by atoms with Gasteiger partial charge in [0.25, 0.3) is 0 Å². The molecule has 7 nitrogen and oxygen atoms in total. The number of benzene rings is 1. The lowest BCUT2D eigenvalue weighted by molar-refractivity contribution is 0.241. The molecule has 4 aromatic rings. The van der Waals surface area contributed by atoms with Crippen LogP contribution in [0.4, 0.5) is 5.88 Å². The Kier molecular flexibility index (Phi) is 4.34. The Morgan fingerprint density at radius 2 is 2.17 bits per heavy atom. The molecule has 2 N–H and O–H groups in total. The van der Waals surface area contributed by atoms with E-state index in [4.69, 9.17) is 26.2 Å². The van der Waals surface area contributed by atoms with Crippen molar-refractivity contribution in [3.63, 3.8) is 0 Å². The first kappa shape index (κ1) is 17.9. The van der Waals surface area contributed by atoms with Gasteiger partial charge >= 0.3 is 0 Å². The summed E-state index contributed by atoms with van der Waals surface area (Å²) in [5.74, 6) is 1.37. The molecule has 146 valence electrons. The van der Waals surface area contributed by atoms with Crippen molar-refractivity contribution in [1.29, 1.82) is 0 Å². The molecule has 3 aromatic heterocycles. The Labute approximate surface area is 170 Å². The quantitative estimate of drug-likeness (QED) is 0.552. The molecule has 0 unspecified atom stereocenters. The second-order valence-corrected chi connectivity index (χ2v) is 7.45. The summed E-state index contributed by atoms with van der Waals surface area (Å²) < 4.78 is 11.0. The lowest BCUT2D eigenvalue weighted by atomic mass is 10.1. The monoisotopic (exact) mass is 408 g/mol. The van der Waals surface area contributed by atoms with Crippen molar-refractivity contribution < 1.29 is 8.83 Å². The highest BCUT2D eigenvalue weighted by atomic mass is 35.5. The topological polar surface area (TPSA) is 98.4 Å². The second kappa shape index (κ2) is 7.02. The average molecular weight is 409 g/mol. The average Bonchev–Trinajstić information content (AvgIpc) is 3.26. The van der Waals surface area contributed by atoms with Crippen molar-refractivity contribution in [3.05, 3.63) is 74.9 Å². The van der Waals surface area contributed by atoms with E-state index in [0.29, 0.717) is 46.2 Å². The van der Waals surface area contributed by atoms with Crippen LogP contribution in [0.25, 0.3) is 22.6 Å². The molecule has 0 saturated carbocycles. The number of rotatable bonds is 3. The lowest BCUT2D eigenvalue weighted by Gasteiger charge is -2.28. The summed E-state index contributed by atoms with van der Waals surface area (Å²) in [7, 11) is 0. The van der Waals surface area contributed by atoms with E-state index < -0.39 is 0 Å². The number of nitrogens with zero attached hydrogens (tertiary/aromatic N) is 3. The molecule has 0 aliphatic carbocycles. The van der Waals surface area contributed by atoms with Crippen LogP contribution in [-0.4, -0.2) is 21.4 Å². The largest absolute Gasteiger partial charge is 0.461 e. The molecule has 0 bridgehead atoms. The fourth-order valence-electron chi connectivity index (χ4n) is 3.63. The van der Waals surface area contributed by atoms with Crippen LogP contribution in [0.5, 0.6) is 0 Å². The Balaban J connectivity index is 1.42. The summed E-state index contributed by atoms with van der Waals surface area (Å²) in [4.78, 5) is 24.1. The zero-order valence-electron chi connectivity index (χ0n) is 15.4. The number of fused-ring (bicyclic) bond motifs is 2. The van der Waals surface area contributed by atoms with E-state index in [0.717, 1.165) is 24.2 Å². The van der Waals surface area contributed by atoms with Gasteiger partial charge < -0.3 is 14.6 Å². The van der Waals surface area contributed by atoms with Crippen LogP contribution >= 0.6 is 11.6 Å². The van der Waals surface area contributed by atoms with Gasteiger partial charge in [0, 0.05) is 42.8 Å². The van der Waals surface area contributed by atoms with E-state index in [1.54, 1.807) is 24.5 Å². The van der Waals surface area contributed by atoms with Crippen LogP contribution in [0.2, 0.25) is 5.02 Å². The maximum Gasteiger partial charge on any atom is 0.199 e. The van der Waals surface area contributed by atoms with Crippen LogP contribution in [0.15, 0.2) is 56.4 Å². The minimum atomic E-state index is -0.151. The van der Waals surface area contributed by atoms with Crippen molar-refractivity contribution in [2.45, 2.75) is 19.5 Å². The Hall–Kier alpha value is -3.16. The Morgan fingerprint density at radius 3 is 3.00 bits per heavy atom. The number of furan rings is 1. The first-order valence-electron chi connectivity index (χ1n) is 9.20. The predicted octanol–water partition coefficient (Wildman–Crippen LogP) is 3.64. The van der Waals surface area contributed by atoms with Crippen LogP contribution in [-0.2, 0) is 19.5 Å². The standard InChI is InChI=1S/C21H17ClN4O3/c22-13-3-4-17-14(8-13)19(27)15(20(23)29-17)11-26-6-5-16-12(10-26)9-24-21(25-16)18-2-1-7-28-18/h1-4,7-9H,5-6,10-11,23H2. The summed E-state index contributed by atoms with van der Waals surface area (Å²) in [6.07, 6.45) is 4.17. The number of aromatic nitrogens is 2. The molecule has 8 heteroatoms. The Morgan fingerprint density at radius 1 is 1.28 bits per heavy atom. The number of halogens is 1. The van der Waals surface area contributed by atoms with E-state index in [2.05, 4.69) is 14.9 Å². The summed E-state index contributed by atoms with van der Waals surface area (Å²) in [5, 5.41) is 0.919. The molecule has 4 heterocycles. The number of nitrogen functional groups attached to an aromatic ring is 1.